The minimum Gasteiger partial charge on any atom is -0.261 e. The Labute approximate surface area is 62.7 Å². The minimum atomic E-state index is 0.981. The Hall–Kier alpha value is -0.150. The number of aryl methyl sites for hydroxylation is 2. The molecule has 0 radical (unpaired) electrons. The zero-order valence-electron chi connectivity index (χ0n) is 5.26. The van der Waals surface area contributed by atoms with Crippen LogP contribution in [0, 0.1) is 6.92 Å². The fraction of sp³-hybridized carbons (Fsp3) is 0.400. The normalized spacial score (nSPS) is 10.1. The standard InChI is InChI=1S/C5H7ClN2S/c1-4-3-5(9-6)8(2)7-4/h3H,1-2H3. The summed E-state index contributed by atoms with van der Waals surface area (Å²) in [5, 5.41) is 5.07. The predicted molar refractivity (Wildman–Crippen MR) is 39.7 cm³/mol. The summed E-state index contributed by atoms with van der Waals surface area (Å²) in [4.78, 5) is 0. The molecule has 0 saturated carbocycles. The van der Waals surface area contributed by atoms with E-state index in [4.69, 9.17) is 10.7 Å². The summed E-state index contributed by atoms with van der Waals surface area (Å²) >= 11 is 0. The first-order valence-electron chi connectivity index (χ1n) is 2.53. The molecule has 50 valence electrons. The average Bonchev–Trinajstić information content (AvgIpc) is 2.10. The van der Waals surface area contributed by atoms with Crippen LogP contribution in [-0.2, 0) is 7.05 Å². The molecule has 1 aromatic heterocycles. The lowest BCUT2D eigenvalue weighted by atomic mass is 10.5. The van der Waals surface area contributed by atoms with Gasteiger partial charge in [-0.3, -0.25) is 4.68 Å². The predicted octanol–water partition coefficient (Wildman–Crippen LogP) is 1.97. The zero-order valence-corrected chi connectivity index (χ0v) is 6.83. The van der Waals surface area contributed by atoms with Gasteiger partial charge in [-0.2, -0.15) is 5.10 Å². The van der Waals surface area contributed by atoms with Crippen molar-refractivity contribution in [2.45, 2.75) is 11.9 Å². The highest BCUT2D eigenvalue weighted by Gasteiger charge is 1.98. The van der Waals surface area contributed by atoms with Gasteiger partial charge < -0.3 is 0 Å². The van der Waals surface area contributed by atoms with E-state index < -0.39 is 0 Å². The summed E-state index contributed by atoms with van der Waals surface area (Å²) in [6.07, 6.45) is 0. The minimum absolute atomic E-state index is 0.981. The van der Waals surface area contributed by atoms with Crippen molar-refractivity contribution in [3.63, 3.8) is 0 Å². The van der Waals surface area contributed by atoms with Crippen LogP contribution in [0.5, 0.6) is 0 Å². The lowest BCUT2D eigenvalue weighted by molar-refractivity contribution is 0.694. The number of aromatic nitrogens is 2. The maximum Gasteiger partial charge on any atom is 0.109 e. The van der Waals surface area contributed by atoms with E-state index in [0.717, 1.165) is 10.7 Å². The second kappa shape index (κ2) is 2.62. The quantitative estimate of drug-likeness (QED) is 0.629. The molecule has 1 heterocycles. The van der Waals surface area contributed by atoms with Crippen LogP contribution in [0.3, 0.4) is 0 Å². The maximum absolute atomic E-state index is 5.50. The summed E-state index contributed by atoms with van der Waals surface area (Å²) in [6, 6.07) is 1.94. The summed E-state index contributed by atoms with van der Waals surface area (Å²) in [6.45, 7) is 1.94. The van der Waals surface area contributed by atoms with Crippen LogP contribution in [-0.4, -0.2) is 9.78 Å². The molecular weight excluding hydrogens is 156 g/mol. The Balaban J connectivity index is 3.01. The Morgan fingerprint density at radius 1 is 1.78 bits per heavy atom. The lowest BCUT2D eigenvalue weighted by Crippen LogP contribution is -1.90. The molecule has 2 nitrogen and oxygen atoms in total. The van der Waals surface area contributed by atoms with Gasteiger partial charge in [0.25, 0.3) is 0 Å². The van der Waals surface area contributed by atoms with Crippen LogP contribution < -0.4 is 0 Å². The molecule has 0 atom stereocenters. The Morgan fingerprint density at radius 2 is 2.44 bits per heavy atom. The molecule has 0 saturated heterocycles. The first kappa shape index (κ1) is 6.96. The van der Waals surface area contributed by atoms with Crippen LogP contribution in [0.1, 0.15) is 5.69 Å². The van der Waals surface area contributed by atoms with Crippen LogP contribution in [0.4, 0.5) is 0 Å². The number of hydrogen-bond donors (Lipinski definition) is 0. The van der Waals surface area contributed by atoms with Crippen LogP contribution in [0.15, 0.2) is 11.1 Å². The third-order valence-corrected chi connectivity index (χ3v) is 2.05. The van der Waals surface area contributed by atoms with Crippen LogP contribution >= 0.6 is 21.7 Å². The summed E-state index contributed by atoms with van der Waals surface area (Å²) in [7, 11) is 8.56. The van der Waals surface area contributed by atoms with Gasteiger partial charge in [-0.25, -0.2) is 0 Å². The summed E-state index contributed by atoms with van der Waals surface area (Å²) in [5.41, 5.74) is 1.00. The van der Waals surface area contributed by atoms with Crippen molar-refractivity contribution in [3.05, 3.63) is 11.8 Å². The lowest BCUT2D eigenvalue weighted by Gasteiger charge is -1.90. The smallest absolute Gasteiger partial charge is 0.109 e. The highest BCUT2D eigenvalue weighted by Crippen LogP contribution is 2.21. The van der Waals surface area contributed by atoms with Gasteiger partial charge in [-0.15, -0.1) is 0 Å². The number of rotatable bonds is 1. The summed E-state index contributed by atoms with van der Waals surface area (Å²) in [5.74, 6) is 0. The van der Waals surface area contributed by atoms with Crippen molar-refractivity contribution in [1.82, 2.24) is 9.78 Å². The Bertz CT molecular complexity index is 209. The molecule has 0 unspecified atom stereocenters. The van der Waals surface area contributed by atoms with Crippen LogP contribution in [0.2, 0.25) is 0 Å². The third kappa shape index (κ3) is 1.40. The first-order chi connectivity index (χ1) is 4.24. The van der Waals surface area contributed by atoms with Gasteiger partial charge in [0.2, 0.25) is 0 Å². The molecule has 0 spiro atoms. The van der Waals surface area contributed by atoms with Crippen molar-refractivity contribution in [2.75, 3.05) is 0 Å². The fourth-order valence-corrected chi connectivity index (χ4v) is 1.45. The van der Waals surface area contributed by atoms with E-state index in [1.807, 2.05) is 20.0 Å². The molecule has 0 fully saturated rings. The molecule has 0 aliphatic rings. The average molecular weight is 163 g/mol. The molecule has 9 heavy (non-hydrogen) atoms. The van der Waals surface area contributed by atoms with Gasteiger partial charge in [0.05, 0.1) is 5.69 Å². The van der Waals surface area contributed by atoms with Gasteiger partial charge in [0, 0.05) is 18.0 Å². The van der Waals surface area contributed by atoms with E-state index in [2.05, 4.69) is 5.10 Å². The molecule has 0 aliphatic heterocycles. The number of nitrogens with zero attached hydrogens (tertiary/aromatic N) is 2. The van der Waals surface area contributed by atoms with Crippen molar-refractivity contribution in [1.29, 1.82) is 0 Å². The molecule has 0 aliphatic carbocycles. The Kier molecular flexibility index (Phi) is 2.03. The molecule has 1 aromatic rings. The molecule has 0 bridgehead atoms. The van der Waals surface area contributed by atoms with Gasteiger partial charge >= 0.3 is 0 Å². The van der Waals surface area contributed by atoms with Gasteiger partial charge in [-0.05, 0) is 23.7 Å². The van der Waals surface area contributed by atoms with E-state index in [9.17, 15) is 0 Å². The van der Waals surface area contributed by atoms with Crippen molar-refractivity contribution >= 4 is 21.7 Å². The maximum atomic E-state index is 5.50. The number of halogens is 1. The van der Waals surface area contributed by atoms with E-state index >= 15 is 0 Å². The summed E-state index contributed by atoms with van der Waals surface area (Å²) < 4.78 is 1.76. The SMILES string of the molecule is Cc1cc(SCl)n(C)n1. The van der Waals surface area contributed by atoms with Gasteiger partial charge in [-0.1, -0.05) is 0 Å². The van der Waals surface area contributed by atoms with Crippen molar-refractivity contribution in [2.24, 2.45) is 7.05 Å². The van der Waals surface area contributed by atoms with E-state index in [-0.39, 0.29) is 0 Å². The molecule has 4 heteroatoms. The Morgan fingerprint density at radius 3 is 2.67 bits per heavy atom. The molecule has 1 rings (SSSR count). The van der Waals surface area contributed by atoms with Crippen LogP contribution in [0.25, 0.3) is 0 Å². The van der Waals surface area contributed by atoms with E-state index in [1.165, 1.54) is 11.0 Å². The second-order valence-corrected chi connectivity index (χ2v) is 2.86. The van der Waals surface area contributed by atoms with Crippen molar-refractivity contribution in [3.8, 4) is 0 Å². The highest BCUT2D eigenvalue weighted by molar-refractivity contribution is 8.21. The monoisotopic (exact) mass is 162 g/mol. The highest BCUT2D eigenvalue weighted by atomic mass is 35.7. The van der Waals surface area contributed by atoms with Crippen molar-refractivity contribution < 1.29 is 0 Å². The van der Waals surface area contributed by atoms with E-state index in [0.29, 0.717) is 0 Å². The first-order valence-corrected chi connectivity index (χ1v) is 4.17. The second-order valence-electron chi connectivity index (χ2n) is 1.82. The molecule has 0 N–H and O–H groups in total. The molecular formula is C5H7ClN2S. The molecule has 0 aromatic carbocycles. The largest absolute Gasteiger partial charge is 0.261 e. The molecule has 0 amide bonds. The third-order valence-electron chi connectivity index (χ3n) is 1.04. The fourth-order valence-electron chi connectivity index (χ4n) is 0.659. The van der Waals surface area contributed by atoms with E-state index in [1.54, 1.807) is 4.68 Å². The topological polar surface area (TPSA) is 17.8 Å². The van der Waals surface area contributed by atoms with Gasteiger partial charge in [0.1, 0.15) is 5.03 Å². The zero-order chi connectivity index (χ0) is 6.85. The van der Waals surface area contributed by atoms with Gasteiger partial charge in [0.15, 0.2) is 0 Å². The number of hydrogen-bond acceptors (Lipinski definition) is 2.